The number of hydrogen-bond donors (Lipinski definition) is 0. The summed E-state index contributed by atoms with van der Waals surface area (Å²) >= 11 is -0.166. The molecule has 0 saturated heterocycles. The van der Waals surface area contributed by atoms with Gasteiger partial charge in [0.25, 0.3) is 0 Å². The van der Waals surface area contributed by atoms with Crippen LogP contribution in [-0.2, 0) is 4.79 Å². The minimum absolute atomic E-state index is 0.0339. The van der Waals surface area contributed by atoms with Gasteiger partial charge in [0.1, 0.15) is 6.54 Å². The van der Waals surface area contributed by atoms with Crippen LogP contribution in [0, 0.1) is 17.2 Å². The Bertz CT molecular complexity index is 644. The van der Waals surface area contributed by atoms with Gasteiger partial charge >= 0.3 is 5.51 Å². The maximum Gasteiger partial charge on any atom is 0.446 e. The minimum Gasteiger partial charge on any atom is -0.305 e. The second-order valence-electron chi connectivity index (χ2n) is 5.89. The van der Waals surface area contributed by atoms with Gasteiger partial charge in [-0.15, -0.1) is 0 Å². The van der Waals surface area contributed by atoms with Crippen molar-refractivity contribution in [3.63, 3.8) is 0 Å². The first-order valence-corrected chi connectivity index (χ1v) is 8.92. The summed E-state index contributed by atoms with van der Waals surface area (Å²) in [5.41, 5.74) is -3.64. The number of amides is 1. The van der Waals surface area contributed by atoms with E-state index in [9.17, 15) is 18.0 Å². The van der Waals surface area contributed by atoms with E-state index in [1.807, 2.05) is 6.07 Å². The second-order valence-corrected chi connectivity index (χ2v) is 7.03. The molecule has 0 atom stereocenters. The van der Waals surface area contributed by atoms with E-state index in [0.29, 0.717) is 5.56 Å². The molecule has 0 heterocycles. The number of carbonyl (C=O) groups is 1. The lowest BCUT2D eigenvalue weighted by atomic mass is 9.88. The van der Waals surface area contributed by atoms with Crippen LogP contribution in [0.2, 0.25) is 0 Å². The molecule has 25 heavy (non-hydrogen) atoms. The number of carbonyl (C=O) groups excluding carboxylic acids is 1. The van der Waals surface area contributed by atoms with Gasteiger partial charge < -0.3 is 4.90 Å². The van der Waals surface area contributed by atoms with Crippen LogP contribution in [0.5, 0.6) is 0 Å². The Labute approximate surface area is 149 Å². The standard InChI is InChI=1S/C18H19F3N2OS/c19-18(20,21)25-16-8-6-14(7-9-16)10-12-23(13-11-22)17(24)15-4-2-1-3-5-15/h6-10,12,15H,1-5,13H2/b12-10-. The molecule has 1 aliphatic carbocycles. The third kappa shape index (κ3) is 6.46. The fraction of sp³-hybridized carbons (Fsp3) is 0.444. The van der Waals surface area contributed by atoms with Crippen molar-refractivity contribution in [1.82, 2.24) is 4.90 Å². The van der Waals surface area contributed by atoms with Crippen molar-refractivity contribution in [2.45, 2.75) is 42.5 Å². The Kier molecular flexibility index (Phi) is 6.94. The molecule has 1 aromatic rings. The normalized spacial score (nSPS) is 15.9. The Morgan fingerprint density at radius 3 is 2.44 bits per heavy atom. The minimum atomic E-state index is -4.31. The molecule has 0 spiro atoms. The third-order valence-corrected chi connectivity index (χ3v) is 4.78. The quantitative estimate of drug-likeness (QED) is 0.530. The molecular formula is C18H19F3N2OS. The predicted molar refractivity (Wildman–Crippen MR) is 91.3 cm³/mol. The SMILES string of the molecule is N#CCN(/C=C\c1ccc(SC(F)(F)F)cc1)C(=O)C1CCCCC1. The molecule has 7 heteroatoms. The summed E-state index contributed by atoms with van der Waals surface area (Å²) in [6.45, 7) is -0.0339. The number of nitrogens with zero attached hydrogens (tertiary/aromatic N) is 2. The number of hydrogen-bond acceptors (Lipinski definition) is 3. The number of halogens is 3. The van der Waals surface area contributed by atoms with Crippen molar-refractivity contribution in [3.05, 3.63) is 36.0 Å². The lowest BCUT2D eigenvalue weighted by Gasteiger charge is -2.25. The van der Waals surface area contributed by atoms with Gasteiger partial charge in [-0.1, -0.05) is 31.4 Å². The summed E-state index contributed by atoms with van der Waals surface area (Å²) in [7, 11) is 0. The molecule has 2 rings (SSSR count). The van der Waals surface area contributed by atoms with Crippen molar-refractivity contribution in [2.24, 2.45) is 5.92 Å². The largest absolute Gasteiger partial charge is 0.446 e. The van der Waals surface area contributed by atoms with E-state index >= 15 is 0 Å². The van der Waals surface area contributed by atoms with Gasteiger partial charge in [0, 0.05) is 17.0 Å². The maximum atomic E-state index is 12.5. The Morgan fingerprint density at radius 1 is 1.24 bits per heavy atom. The topological polar surface area (TPSA) is 44.1 Å². The summed E-state index contributed by atoms with van der Waals surface area (Å²) in [6.07, 6.45) is 8.07. The second kappa shape index (κ2) is 8.95. The average Bonchev–Trinajstić information content (AvgIpc) is 2.59. The van der Waals surface area contributed by atoms with Crippen LogP contribution in [0.3, 0.4) is 0 Å². The number of alkyl halides is 3. The molecule has 1 aromatic carbocycles. The summed E-state index contributed by atoms with van der Waals surface area (Å²) in [5.74, 6) is -0.0981. The fourth-order valence-corrected chi connectivity index (χ4v) is 3.36. The van der Waals surface area contributed by atoms with E-state index in [1.54, 1.807) is 24.4 Å². The van der Waals surface area contributed by atoms with Crippen LogP contribution in [-0.4, -0.2) is 22.9 Å². The third-order valence-electron chi connectivity index (χ3n) is 4.04. The van der Waals surface area contributed by atoms with Crippen LogP contribution in [0.15, 0.2) is 35.4 Å². The summed E-state index contributed by atoms with van der Waals surface area (Å²) in [5, 5.41) is 8.94. The molecule has 0 unspecified atom stereocenters. The lowest BCUT2D eigenvalue weighted by molar-refractivity contribution is -0.133. The number of thioether (sulfide) groups is 1. The van der Waals surface area contributed by atoms with Gasteiger partial charge in [0.2, 0.25) is 5.91 Å². The van der Waals surface area contributed by atoms with Crippen LogP contribution in [0.1, 0.15) is 37.7 Å². The molecule has 3 nitrogen and oxygen atoms in total. The van der Waals surface area contributed by atoms with E-state index in [0.717, 1.165) is 32.1 Å². The number of rotatable bonds is 5. The molecule has 0 bridgehead atoms. The Balaban J connectivity index is 2.03. The van der Waals surface area contributed by atoms with Crippen molar-refractivity contribution in [1.29, 1.82) is 5.26 Å². The highest BCUT2D eigenvalue weighted by Gasteiger charge is 2.29. The van der Waals surface area contributed by atoms with Gasteiger partial charge in [0.05, 0.1) is 6.07 Å². The number of benzene rings is 1. The molecular weight excluding hydrogens is 349 g/mol. The summed E-state index contributed by atoms with van der Waals surface area (Å²) < 4.78 is 37.0. The van der Waals surface area contributed by atoms with E-state index in [4.69, 9.17) is 5.26 Å². The molecule has 134 valence electrons. The Hall–Kier alpha value is -1.94. The van der Waals surface area contributed by atoms with E-state index in [-0.39, 0.29) is 35.0 Å². The zero-order chi connectivity index (χ0) is 18.3. The summed E-state index contributed by atoms with van der Waals surface area (Å²) in [4.78, 5) is 14.0. The summed E-state index contributed by atoms with van der Waals surface area (Å²) in [6, 6.07) is 7.86. The van der Waals surface area contributed by atoms with Crippen molar-refractivity contribution in [2.75, 3.05) is 6.54 Å². The number of nitriles is 1. The first-order valence-electron chi connectivity index (χ1n) is 8.10. The molecule has 0 radical (unpaired) electrons. The van der Waals surface area contributed by atoms with Crippen LogP contribution in [0.25, 0.3) is 6.08 Å². The lowest BCUT2D eigenvalue weighted by Crippen LogP contribution is -2.33. The Morgan fingerprint density at radius 2 is 1.88 bits per heavy atom. The van der Waals surface area contributed by atoms with E-state index < -0.39 is 5.51 Å². The smallest absolute Gasteiger partial charge is 0.305 e. The van der Waals surface area contributed by atoms with Crippen molar-refractivity contribution >= 4 is 23.7 Å². The van der Waals surface area contributed by atoms with E-state index in [2.05, 4.69) is 0 Å². The molecule has 0 N–H and O–H groups in total. The van der Waals surface area contributed by atoms with Gasteiger partial charge in [-0.05, 0) is 48.4 Å². The molecule has 1 amide bonds. The monoisotopic (exact) mass is 368 g/mol. The molecule has 0 aromatic heterocycles. The highest BCUT2D eigenvalue weighted by atomic mass is 32.2. The highest BCUT2D eigenvalue weighted by molar-refractivity contribution is 8.00. The van der Waals surface area contributed by atoms with Crippen molar-refractivity contribution in [3.8, 4) is 6.07 Å². The first kappa shape index (κ1) is 19.4. The van der Waals surface area contributed by atoms with Gasteiger partial charge in [-0.3, -0.25) is 4.79 Å². The van der Waals surface area contributed by atoms with Crippen molar-refractivity contribution < 1.29 is 18.0 Å². The first-order chi connectivity index (χ1) is 11.9. The van der Waals surface area contributed by atoms with Crippen LogP contribution >= 0.6 is 11.8 Å². The molecule has 1 aliphatic rings. The van der Waals surface area contributed by atoms with Gasteiger partial charge in [-0.2, -0.15) is 18.4 Å². The molecule has 1 saturated carbocycles. The van der Waals surface area contributed by atoms with Crippen LogP contribution < -0.4 is 0 Å². The van der Waals surface area contributed by atoms with Gasteiger partial charge in [0.15, 0.2) is 0 Å². The average molecular weight is 368 g/mol. The molecule has 0 aliphatic heterocycles. The zero-order valence-electron chi connectivity index (χ0n) is 13.6. The van der Waals surface area contributed by atoms with E-state index in [1.165, 1.54) is 17.0 Å². The highest BCUT2D eigenvalue weighted by Crippen LogP contribution is 2.36. The molecule has 1 fully saturated rings. The zero-order valence-corrected chi connectivity index (χ0v) is 14.4. The van der Waals surface area contributed by atoms with Crippen LogP contribution in [0.4, 0.5) is 13.2 Å². The van der Waals surface area contributed by atoms with Gasteiger partial charge in [-0.25, -0.2) is 0 Å². The fourth-order valence-electron chi connectivity index (χ4n) is 2.82. The predicted octanol–water partition coefficient (Wildman–Crippen LogP) is 5.20. The maximum absolute atomic E-state index is 12.5.